The molecule has 1 N–H and O–H groups in total. The van der Waals surface area contributed by atoms with Crippen LogP contribution < -0.4 is 0 Å². The van der Waals surface area contributed by atoms with E-state index in [1.165, 1.54) is 0 Å². The van der Waals surface area contributed by atoms with Gasteiger partial charge in [0.15, 0.2) is 11.7 Å². The number of nitrogens with zero attached hydrogens (tertiary/aromatic N) is 2. The highest BCUT2D eigenvalue weighted by Gasteiger charge is 2.08. The first kappa shape index (κ1) is 19.9. The Kier molecular flexibility index (Phi) is 5.36. The van der Waals surface area contributed by atoms with Crippen molar-refractivity contribution in [1.82, 2.24) is 0 Å². The SMILES string of the molecule is N=C(N=C(N=Cc1ccc2c(c1)oc1ccccc12)c1cccc(Cl)c1)c1ccccc1. The zero-order valence-corrected chi connectivity index (χ0v) is 17.8. The van der Waals surface area contributed by atoms with E-state index in [4.69, 9.17) is 21.4 Å². The zero-order valence-electron chi connectivity index (χ0n) is 17.0. The number of furan rings is 1. The number of halogens is 1. The molecule has 4 aromatic carbocycles. The molecule has 0 saturated carbocycles. The number of nitrogens with one attached hydrogen (secondary N) is 1. The van der Waals surface area contributed by atoms with Gasteiger partial charge in [-0.2, -0.15) is 0 Å². The quantitative estimate of drug-likeness (QED) is 0.238. The van der Waals surface area contributed by atoms with Gasteiger partial charge in [-0.25, -0.2) is 9.98 Å². The molecule has 5 rings (SSSR count). The first-order valence-corrected chi connectivity index (χ1v) is 10.5. The zero-order chi connectivity index (χ0) is 21.9. The minimum atomic E-state index is 0.130. The van der Waals surface area contributed by atoms with E-state index in [-0.39, 0.29) is 5.84 Å². The Balaban J connectivity index is 1.53. The fraction of sp³-hybridized carbons (Fsp3) is 0. The predicted octanol–water partition coefficient (Wildman–Crippen LogP) is 7.13. The van der Waals surface area contributed by atoms with E-state index < -0.39 is 0 Å². The number of rotatable bonds is 3. The van der Waals surface area contributed by atoms with Gasteiger partial charge >= 0.3 is 0 Å². The van der Waals surface area contributed by atoms with E-state index in [0.717, 1.165) is 33.1 Å². The lowest BCUT2D eigenvalue weighted by Crippen LogP contribution is -2.04. The highest BCUT2D eigenvalue weighted by molar-refractivity contribution is 6.31. The molecule has 1 heterocycles. The van der Waals surface area contributed by atoms with Crippen molar-refractivity contribution >= 4 is 51.4 Å². The van der Waals surface area contributed by atoms with E-state index in [2.05, 4.69) is 9.98 Å². The average Bonchev–Trinajstić information content (AvgIpc) is 3.20. The minimum absolute atomic E-state index is 0.130. The Morgan fingerprint density at radius 3 is 2.34 bits per heavy atom. The Hall–Kier alpha value is -4.02. The van der Waals surface area contributed by atoms with Crippen LogP contribution in [0.5, 0.6) is 0 Å². The summed E-state index contributed by atoms with van der Waals surface area (Å²) in [7, 11) is 0. The molecule has 1 aromatic heterocycles. The number of aliphatic imine (C=N–C) groups is 2. The molecule has 0 radical (unpaired) electrons. The Morgan fingerprint density at radius 2 is 1.50 bits per heavy atom. The van der Waals surface area contributed by atoms with Gasteiger partial charge in [0.25, 0.3) is 0 Å². The molecule has 0 spiro atoms. The van der Waals surface area contributed by atoms with Crippen LogP contribution in [0, 0.1) is 5.41 Å². The predicted molar refractivity (Wildman–Crippen MR) is 133 cm³/mol. The van der Waals surface area contributed by atoms with Crippen molar-refractivity contribution in [2.24, 2.45) is 9.98 Å². The molecular weight excluding hydrogens is 418 g/mol. The highest BCUT2D eigenvalue weighted by atomic mass is 35.5. The van der Waals surface area contributed by atoms with Crippen molar-refractivity contribution in [1.29, 1.82) is 5.41 Å². The Labute approximate surface area is 190 Å². The van der Waals surface area contributed by atoms with Crippen LogP contribution in [-0.4, -0.2) is 17.9 Å². The fourth-order valence-corrected chi connectivity index (χ4v) is 3.71. The smallest absolute Gasteiger partial charge is 0.161 e. The van der Waals surface area contributed by atoms with E-state index in [1.54, 1.807) is 18.3 Å². The van der Waals surface area contributed by atoms with E-state index in [0.29, 0.717) is 16.4 Å². The third-order valence-corrected chi connectivity index (χ3v) is 5.32. The summed E-state index contributed by atoms with van der Waals surface area (Å²) in [6.07, 6.45) is 1.73. The van der Waals surface area contributed by atoms with E-state index in [9.17, 15) is 0 Å². The number of fused-ring (bicyclic) bond motifs is 3. The molecule has 32 heavy (non-hydrogen) atoms. The third-order valence-electron chi connectivity index (χ3n) is 5.09. The Morgan fingerprint density at radius 1 is 0.750 bits per heavy atom. The number of amidine groups is 2. The largest absolute Gasteiger partial charge is 0.456 e. The summed E-state index contributed by atoms with van der Waals surface area (Å²) in [6, 6.07) is 30.6. The van der Waals surface area contributed by atoms with Gasteiger partial charge in [0.1, 0.15) is 11.2 Å². The van der Waals surface area contributed by atoms with Crippen molar-refractivity contribution in [3.63, 3.8) is 0 Å². The molecule has 0 aliphatic carbocycles. The van der Waals surface area contributed by atoms with Crippen molar-refractivity contribution in [2.75, 3.05) is 0 Å². The lowest BCUT2D eigenvalue weighted by atomic mass is 10.1. The lowest BCUT2D eigenvalue weighted by molar-refractivity contribution is 0.669. The van der Waals surface area contributed by atoms with Gasteiger partial charge in [0.05, 0.1) is 0 Å². The van der Waals surface area contributed by atoms with Crippen LogP contribution in [-0.2, 0) is 0 Å². The average molecular weight is 436 g/mol. The van der Waals surface area contributed by atoms with Crippen LogP contribution in [0.2, 0.25) is 5.02 Å². The maximum atomic E-state index is 8.41. The Bertz CT molecular complexity index is 1500. The van der Waals surface area contributed by atoms with Gasteiger partial charge in [-0.3, -0.25) is 5.41 Å². The molecule has 0 saturated heterocycles. The van der Waals surface area contributed by atoms with Crippen LogP contribution in [0.15, 0.2) is 111 Å². The summed E-state index contributed by atoms with van der Waals surface area (Å²) in [5.41, 5.74) is 3.98. The molecular formula is C27H18ClN3O. The number of benzene rings is 4. The molecule has 0 unspecified atom stereocenters. The summed E-state index contributed by atoms with van der Waals surface area (Å²) in [6.45, 7) is 0. The molecule has 4 nitrogen and oxygen atoms in total. The van der Waals surface area contributed by atoms with Crippen molar-refractivity contribution in [3.8, 4) is 0 Å². The topological polar surface area (TPSA) is 61.7 Å². The van der Waals surface area contributed by atoms with Gasteiger partial charge in [0, 0.05) is 33.1 Å². The van der Waals surface area contributed by atoms with Gasteiger partial charge in [0.2, 0.25) is 0 Å². The summed E-state index contributed by atoms with van der Waals surface area (Å²) in [5, 5.41) is 11.1. The minimum Gasteiger partial charge on any atom is -0.456 e. The monoisotopic (exact) mass is 435 g/mol. The van der Waals surface area contributed by atoms with E-state index >= 15 is 0 Å². The van der Waals surface area contributed by atoms with Gasteiger partial charge in [-0.1, -0.05) is 78.3 Å². The number of para-hydroxylation sites is 1. The second-order valence-corrected chi connectivity index (χ2v) is 7.71. The van der Waals surface area contributed by atoms with E-state index in [1.807, 2.05) is 84.9 Å². The second-order valence-electron chi connectivity index (χ2n) is 7.27. The molecule has 0 amide bonds. The first-order valence-electron chi connectivity index (χ1n) is 10.1. The maximum Gasteiger partial charge on any atom is 0.161 e. The van der Waals surface area contributed by atoms with Gasteiger partial charge in [-0.05, 0) is 35.9 Å². The molecule has 5 aromatic rings. The van der Waals surface area contributed by atoms with Crippen LogP contribution in [0.25, 0.3) is 21.9 Å². The molecule has 0 aliphatic heterocycles. The third kappa shape index (κ3) is 4.09. The van der Waals surface area contributed by atoms with Crippen LogP contribution in [0.4, 0.5) is 0 Å². The number of hydrogen-bond acceptors (Lipinski definition) is 2. The van der Waals surface area contributed by atoms with Crippen LogP contribution in [0.1, 0.15) is 16.7 Å². The summed E-state index contributed by atoms with van der Waals surface area (Å²) < 4.78 is 5.98. The maximum absolute atomic E-state index is 8.41. The van der Waals surface area contributed by atoms with Crippen molar-refractivity contribution in [3.05, 3.63) is 119 Å². The molecule has 5 heteroatoms. The lowest BCUT2D eigenvalue weighted by Gasteiger charge is -2.04. The molecule has 0 bridgehead atoms. The molecule has 0 aliphatic rings. The summed E-state index contributed by atoms with van der Waals surface area (Å²) >= 11 is 6.19. The van der Waals surface area contributed by atoms with Crippen LogP contribution in [0.3, 0.4) is 0 Å². The second kappa shape index (κ2) is 8.61. The summed E-state index contributed by atoms with van der Waals surface area (Å²) in [5.74, 6) is 0.538. The van der Waals surface area contributed by atoms with Gasteiger partial charge in [-0.15, -0.1) is 0 Å². The normalized spacial score (nSPS) is 12.1. The number of hydrogen-bond donors (Lipinski definition) is 1. The summed E-state index contributed by atoms with van der Waals surface area (Å²) in [4.78, 5) is 9.11. The van der Waals surface area contributed by atoms with Crippen molar-refractivity contribution in [2.45, 2.75) is 0 Å². The molecule has 0 fully saturated rings. The standard InChI is InChI=1S/C27H18ClN3O/c28-21-10-6-9-20(16-21)27(31-26(29)19-7-2-1-3-8-19)30-17-18-13-14-23-22-11-4-5-12-24(22)32-25(23)15-18/h1-17,29H. The molecule has 154 valence electrons. The van der Waals surface area contributed by atoms with Gasteiger partial charge < -0.3 is 4.42 Å². The van der Waals surface area contributed by atoms with Crippen molar-refractivity contribution < 1.29 is 4.42 Å². The molecule has 0 atom stereocenters. The van der Waals surface area contributed by atoms with Crippen LogP contribution >= 0.6 is 11.6 Å². The highest BCUT2D eigenvalue weighted by Crippen LogP contribution is 2.28. The fourth-order valence-electron chi connectivity index (χ4n) is 3.52. The first-order chi connectivity index (χ1) is 15.7.